The van der Waals surface area contributed by atoms with Crippen LogP contribution in [0.1, 0.15) is 48.0 Å². The average Bonchev–Trinajstić information content (AvgIpc) is 2.72. The molecule has 1 aliphatic carbocycles. The molecule has 0 aliphatic heterocycles. The SMILES string of the molecule is COC(=O)c1nc(NC2CCC(C)CC2)sc1C. The number of thiazole rings is 1. The van der Waals surface area contributed by atoms with Crippen molar-refractivity contribution >= 4 is 22.4 Å². The zero-order valence-corrected chi connectivity index (χ0v) is 12.0. The van der Waals surface area contributed by atoms with Crippen molar-refractivity contribution in [2.24, 2.45) is 5.92 Å². The maximum Gasteiger partial charge on any atom is 0.357 e. The number of nitrogens with zero attached hydrogens (tertiary/aromatic N) is 1. The highest BCUT2D eigenvalue weighted by Gasteiger charge is 2.21. The summed E-state index contributed by atoms with van der Waals surface area (Å²) in [7, 11) is 1.39. The molecule has 2 rings (SSSR count). The molecule has 1 saturated carbocycles. The molecule has 0 unspecified atom stereocenters. The Balaban J connectivity index is 2.00. The van der Waals surface area contributed by atoms with Crippen LogP contribution in [0.4, 0.5) is 5.13 Å². The minimum atomic E-state index is -0.353. The second kappa shape index (κ2) is 5.69. The van der Waals surface area contributed by atoms with E-state index in [1.54, 1.807) is 0 Å². The van der Waals surface area contributed by atoms with Crippen molar-refractivity contribution in [3.8, 4) is 0 Å². The fourth-order valence-corrected chi connectivity index (χ4v) is 3.20. The second-order valence-corrected chi connectivity index (χ2v) is 6.22. The van der Waals surface area contributed by atoms with Gasteiger partial charge in [0.15, 0.2) is 10.8 Å². The highest BCUT2D eigenvalue weighted by molar-refractivity contribution is 7.15. The largest absolute Gasteiger partial charge is 0.464 e. The molecule has 18 heavy (non-hydrogen) atoms. The predicted octanol–water partition coefficient (Wildman–Crippen LogP) is 3.23. The molecule has 1 fully saturated rings. The molecule has 1 heterocycles. The van der Waals surface area contributed by atoms with E-state index in [1.807, 2.05) is 6.92 Å². The topological polar surface area (TPSA) is 51.2 Å². The fraction of sp³-hybridized carbons (Fsp3) is 0.692. The van der Waals surface area contributed by atoms with Crippen LogP contribution in [-0.4, -0.2) is 24.1 Å². The van der Waals surface area contributed by atoms with Gasteiger partial charge in [0.05, 0.1) is 7.11 Å². The number of hydrogen-bond donors (Lipinski definition) is 1. The van der Waals surface area contributed by atoms with Gasteiger partial charge >= 0.3 is 5.97 Å². The first-order valence-corrected chi connectivity index (χ1v) is 7.24. The van der Waals surface area contributed by atoms with Gasteiger partial charge in [0.2, 0.25) is 0 Å². The third-order valence-electron chi connectivity index (χ3n) is 3.52. The van der Waals surface area contributed by atoms with E-state index in [-0.39, 0.29) is 5.97 Å². The molecular formula is C13H20N2O2S. The summed E-state index contributed by atoms with van der Waals surface area (Å²) in [5.74, 6) is 0.487. The highest BCUT2D eigenvalue weighted by atomic mass is 32.1. The van der Waals surface area contributed by atoms with Crippen LogP contribution >= 0.6 is 11.3 Å². The van der Waals surface area contributed by atoms with E-state index >= 15 is 0 Å². The van der Waals surface area contributed by atoms with Gasteiger partial charge in [0.25, 0.3) is 0 Å². The van der Waals surface area contributed by atoms with Crippen LogP contribution in [0.25, 0.3) is 0 Å². The molecule has 1 aromatic rings. The molecule has 1 aromatic heterocycles. The van der Waals surface area contributed by atoms with E-state index in [4.69, 9.17) is 4.74 Å². The molecule has 100 valence electrons. The summed E-state index contributed by atoms with van der Waals surface area (Å²) in [6.45, 7) is 4.21. The number of aryl methyl sites for hydroxylation is 1. The van der Waals surface area contributed by atoms with Gasteiger partial charge in [-0.1, -0.05) is 6.92 Å². The first kappa shape index (κ1) is 13.3. The fourth-order valence-electron chi connectivity index (χ4n) is 2.32. The minimum Gasteiger partial charge on any atom is -0.464 e. The average molecular weight is 268 g/mol. The zero-order valence-electron chi connectivity index (χ0n) is 11.2. The molecule has 0 atom stereocenters. The number of methoxy groups -OCH3 is 1. The number of esters is 1. The Morgan fingerprint density at radius 2 is 2.06 bits per heavy atom. The number of carbonyl (C=O) groups is 1. The van der Waals surface area contributed by atoms with Crippen LogP contribution < -0.4 is 5.32 Å². The Morgan fingerprint density at radius 3 is 2.67 bits per heavy atom. The van der Waals surface area contributed by atoms with Crippen LogP contribution in [0.15, 0.2) is 0 Å². The van der Waals surface area contributed by atoms with Crippen molar-refractivity contribution < 1.29 is 9.53 Å². The van der Waals surface area contributed by atoms with Crippen LogP contribution in [0, 0.1) is 12.8 Å². The van der Waals surface area contributed by atoms with Crippen molar-refractivity contribution in [1.29, 1.82) is 0 Å². The van der Waals surface area contributed by atoms with Gasteiger partial charge in [-0.3, -0.25) is 0 Å². The monoisotopic (exact) mass is 268 g/mol. The van der Waals surface area contributed by atoms with Gasteiger partial charge in [0.1, 0.15) is 0 Å². The molecule has 0 radical (unpaired) electrons. The zero-order chi connectivity index (χ0) is 13.1. The molecule has 1 N–H and O–H groups in total. The molecular weight excluding hydrogens is 248 g/mol. The van der Waals surface area contributed by atoms with E-state index in [0.717, 1.165) is 15.9 Å². The van der Waals surface area contributed by atoms with Crippen molar-refractivity contribution in [1.82, 2.24) is 4.98 Å². The van der Waals surface area contributed by atoms with Gasteiger partial charge in [0, 0.05) is 10.9 Å². The Hall–Kier alpha value is -1.10. The Bertz CT molecular complexity index is 423. The van der Waals surface area contributed by atoms with Crippen molar-refractivity contribution in [2.45, 2.75) is 45.6 Å². The smallest absolute Gasteiger partial charge is 0.357 e. The van der Waals surface area contributed by atoms with Gasteiger partial charge in [-0.15, -0.1) is 11.3 Å². The summed E-state index contributed by atoms with van der Waals surface area (Å²) in [5, 5.41) is 4.28. The number of ether oxygens (including phenoxy) is 1. The molecule has 5 heteroatoms. The van der Waals surface area contributed by atoms with Crippen molar-refractivity contribution in [3.63, 3.8) is 0 Å². The molecule has 0 spiro atoms. The number of carbonyl (C=O) groups excluding carboxylic acids is 1. The van der Waals surface area contributed by atoms with Crippen LogP contribution in [0.3, 0.4) is 0 Å². The highest BCUT2D eigenvalue weighted by Crippen LogP contribution is 2.29. The molecule has 0 aromatic carbocycles. The third-order valence-corrected chi connectivity index (χ3v) is 4.42. The van der Waals surface area contributed by atoms with E-state index in [9.17, 15) is 4.79 Å². The Labute approximate surface area is 112 Å². The standard InChI is InChI=1S/C13H20N2O2S/c1-8-4-6-10(7-5-8)14-13-15-11(9(2)18-13)12(16)17-3/h8,10H,4-7H2,1-3H3,(H,14,15). The number of hydrogen-bond acceptors (Lipinski definition) is 5. The summed E-state index contributed by atoms with van der Waals surface area (Å²) < 4.78 is 4.71. The minimum absolute atomic E-state index is 0.353. The van der Waals surface area contributed by atoms with Gasteiger partial charge in [-0.25, -0.2) is 9.78 Å². The Kier molecular flexibility index (Phi) is 4.22. The summed E-state index contributed by atoms with van der Waals surface area (Å²) in [4.78, 5) is 16.7. The number of rotatable bonds is 3. The van der Waals surface area contributed by atoms with Crippen LogP contribution in [0.2, 0.25) is 0 Å². The first-order valence-electron chi connectivity index (χ1n) is 6.42. The maximum atomic E-state index is 11.5. The molecule has 1 aliphatic rings. The lowest BCUT2D eigenvalue weighted by molar-refractivity contribution is 0.0594. The van der Waals surface area contributed by atoms with E-state index in [2.05, 4.69) is 17.2 Å². The summed E-state index contributed by atoms with van der Waals surface area (Å²) in [5.41, 5.74) is 0.439. The third kappa shape index (κ3) is 3.02. The van der Waals surface area contributed by atoms with Gasteiger partial charge in [-0.2, -0.15) is 0 Å². The van der Waals surface area contributed by atoms with Crippen LogP contribution in [-0.2, 0) is 4.74 Å². The lowest BCUT2D eigenvalue weighted by Crippen LogP contribution is -2.25. The second-order valence-electron chi connectivity index (χ2n) is 5.02. The quantitative estimate of drug-likeness (QED) is 0.855. The number of anilines is 1. The first-order chi connectivity index (χ1) is 8.60. The lowest BCUT2D eigenvalue weighted by atomic mass is 9.87. The molecule has 0 saturated heterocycles. The van der Waals surface area contributed by atoms with Crippen molar-refractivity contribution in [3.05, 3.63) is 10.6 Å². The lowest BCUT2D eigenvalue weighted by Gasteiger charge is -2.26. The summed E-state index contributed by atoms with van der Waals surface area (Å²) in [6.07, 6.45) is 4.92. The maximum absolute atomic E-state index is 11.5. The summed E-state index contributed by atoms with van der Waals surface area (Å²) >= 11 is 1.53. The van der Waals surface area contributed by atoms with E-state index < -0.39 is 0 Å². The van der Waals surface area contributed by atoms with Crippen LogP contribution in [0.5, 0.6) is 0 Å². The number of aromatic nitrogens is 1. The number of nitrogens with one attached hydrogen (secondary N) is 1. The predicted molar refractivity (Wildman–Crippen MR) is 73.2 cm³/mol. The molecule has 4 nitrogen and oxygen atoms in total. The van der Waals surface area contributed by atoms with Gasteiger partial charge < -0.3 is 10.1 Å². The van der Waals surface area contributed by atoms with Gasteiger partial charge in [-0.05, 0) is 38.5 Å². The molecule has 0 bridgehead atoms. The van der Waals surface area contributed by atoms with Crippen molar-refractivity contribution in [2.75, 3.05) is 12.4 Å². The normalized spacial score (nSPS) is 23.7. The summed E-state index contributed by atoms with van der Waals surface area (Å²) in [6, 6.07) is 0.497. The van der Waals surface area contributed by atoms with E-state index in [0.29, 0.717) is 11.7 Å². The molecule has 0 amide bonds. The van der Waals surface area contributed by atoms with E-state index in [1.165, 1.54) is 44.1 Å². The Morgan fingerprint density at radius 1 is 1.39 bits per heavy atom.